The smallest absolute Gasteiger partial charge is 0.371 e. The van der Waals surface area contributed by atoms with Crippen LogP contribution in [0, 0.1) is 0 Å². The zero-order chi connectivity index (χ0) is 15.4. The van der Waals surface area contributed by atoms with Gasteiger partial charge in [0.25, 0.3) is 0 Å². The molecule has 0 bridgehead atoms. The number of carbonyl (C=O) groups is 2. The van der Waals surface area contributed by atoms with Crippen LogP contribution in [0.5, 0.6) is 5.75 Å². The van der Waals surface area contributed by atoms with Crippen LogP contribution in [0.1, 0.15) is 16.3 Å². The Morgan fingerprint density at radius 1 is 1.29 bits per heavy atom. The molecular formula is C14H14N2O5. The summed E-state index contributed by atoms with van der Waals surface area (Å²) in [4.78, 5) is 23.9. The standard InChI is InChI=1S/C14H14N2O5/c1-16(9-3-2-4-10(17)7-9)14(20)15-8-11-5-6-12(21-11)13(18)19/h2-7,17H,8H2,1H3,(H,15,20)(H,18,19). The quantitative estimate of drug-likeness (QED) is 0.799. The van der Waals surface area contributed by atoms with Crippen molar-refractivity contribution in [3.63, 3.8) is 0 Å². The van der Waals surface area contributed by atoms with E-state index in [0.29, 0.717) is 11.4 Å². The second-order valence-corrected chi connectivity index (χ2v) is 4.31. The van der Waals surface area contributed by atoms with Crippen LogP contribution in [0.15, 0.2) is 40.8 Å². The van der Waals surface area contributed by atoms with Crippen molar-refractivity contribution in [2.75, 3.05) is 11.9 Å². The molecule has 1 heterocycles. The van der Waals surface area contributed by atoms with Gasteiger partial charge in [0.2, 0.25) is 5.76 Å². The summed E-state index contributed by atoms with van der Waals surface area (Å²) in [5.74, 6) is -0.945. The average Bonchev–Trinajstić information content (AvgIpc) is 2.93. The number of phenols is 1. The van der Waals surface area contributed by atoms with Gasteiger partial charge >= 0.3 is 12.0 Å². The highest BCUT2D eigenvalue weighted by atomic mass is 16.4. The molecule has 110 valence electrons. The molecule has 2 rings (SSSR count). The van der Waals surface area contributed by atoms with Gasteiger partial charge in [0.1, 0.15) is 11.5 Å². The number of carbonyl (C=O) groups excluding carboxylic acids is 1. The van der Waals surface area contributed by atoms with Gasteiger partial charge in [0.15, 0.2) is 0 Å². The first-order valence-corrected chi connectivity index (χ1v) is 6.10. The minimum atomic E-state index is -1.16. The third kappa shape index (κ3) is 3.53. The molecule has 0 saturated carbocycles. The molecular weight excluding hydrogens is 276 g/mol. The van der Waals surface area contributed by atoms with Crippen LogP contribution < -0.4 is 10.2 Å². The van der Waals surface area contributed by atoms with E-state index in [1.165, 1.54) is 29.2 Å². The Labute approximate surface area is 120 Å². The minimum Gasteiger partial charge on any atom is -0.508 e. The lowest BCUT2D eigenvalue weighted by Gasteiger charge is -2.17. The van der Waals surface area contributed by atoms with Gasteiger partial charge in [-0.15, -0.1) is 0 Å². The zero-order valence-electron chi connectivity index (χ0n) is 11.2. The summed E-state index contributed by atoms with van der Waals surface area (Å²) in [6, 6.07) is 8.66. The number of amides is 2. The summed E-state index contributed by atoms with van der Waals surface area (Å²) in [5.41, 5.74) is 0.526. The lowest BCUT2D eigenvalue weighted by molar-refractivity contribution is 0.0660. The van der Waals surface area contributed by atoms with Crippen LogP contribution in [-0.2, 0) is 6.54 Å². The Kier molecular flexibility index (Phi) is 4.13. The van der Waals surface area contributed by atoms with Gasteiger partial charge in [-0.3, -0.25) is 4.90 Å². The van der Waals surface area contributed by atoms with E-state index in [4.69, 9.17) is 9.52 Å². The van der Waals surface area contributed by atoms with Crippen LogP contribution in [-0.4, -0.2) is 29.3 Å². The molecule has 1 aromatic heterocycles. The second kappa shape index (κ2) is 6.00. The van der Waals surface area contributed by atoms with Gasteiger partial charge in [-0.2, -0.15) is 0 Å². The number of benzene rings is 1. The molecule has 2 aromatic rings. The SMILES string of the molecule is CN(C(=O)NCc1ccc(C(=O)O)o1)c1cccc(O)c1. The topological polar surface area (TPSA) is 103 Å². The maximum Gasteiger partial charge on any atom is 0.371 e. The molecule has 0 aliphatic heterocycles. The Morgan fingerprint density at radius 2 is 2.05 bits per heavy atom. The highest BCUT2D eigenvalue weighted by Crippen LogP contribution is 2.18. The van der Waals surface area contributed by atoms with Gasteiger partial charge in [-0.25, -0.2) is 9.59 Å². The number of phenolic OH excluding ortho intramolecular Hbond substituents is 1. The summed E-state index contributed by atoms with van der Waals surface area (Å²) in [5, 5.41) is 20.7. The Morgan fingerprint density at radius 3 is 2.67 bits per heavy atom. The fraction of sp³-hybridized carbons (Fsp3) is 0.143. The van der Waals surface area contributed by atoms with Crippen LogP contribution >= 0.6 is 0 Å². The van der Waals surface area contributed by atoms with E-state index in [1.807, 2.05) is 0 Å². The number of hydrogen-bond acceptors (Lipinski definition) is 4. The number of carboxylic acid groups (broad SMARTS) is 1. The largest absolute Gasteiger partial charge is 0.508 e. The van der Waals surface area contributed by atoms with Crippen LogP contribution in [0.25, 0.3) is 0 Å². The van der Waals surface area contributed by atoms with Gasteiger partial charge in [-0.1, -0.05) is 6.07 Å². The van der Waals surface area contributed by atoms with Crippen molar-refractivity contribution in [3.8, 4) is 5.75 Å². The molecule has 2 amide bonds. The van der Waals surface area contributed by atoms with Crippen molar-refractivity contribution >= 4 is 17.7 Å². The average molecular weight is 290 g/mol. The Bertz CT molecular complexity index is 665. The number of urea groups is 1. The van der Waals surface area contributed by atoms with Crippen LogP contribution in [0.4, 0.5) is 10.5 Å². The minimum absolute atomic E-state index is 0.0595. The second-order valence-electron chi connectivity index (χ2n) is 4.31. The molecule has 21 heavy (non-hydrogen) atoms. The molecule has 0 fully saturated rings. The van der Waals surface area contributed by atoms with E-state index in [0.717, 1.165) is 0 Å². The van der Waals surface area contributed by atoms with Crippen LogP contribution in [0.3, 0.4) is 0 Å². The Hall–Kier alpha value is -2.96. The van der Waals surface area contributed by atoms with Crippen molar-refractivity contribution in [3.05, 3.63) is 47.9 Å². The molecule has 3 N–H and O–H groups in total. The van der Waals surface area contributed by atoms with Gasteiger partial charge < -0.3 is 19.9 Å². The number of nitrogens with zero attached hydrogens (tertiary/aromatic N) is 1. The first-order valence-electron chi connectivity index (χ1n) is 6.10. The normalized spacial score (nSPS) is 10.1. The van der Waals surface area contributed by atoms with Crippen molar-refractivity contribution in [2.45, 2.75) is 6.54 Å². The molecule has 1 aromatic carbocycles. The predicted octanol–water partition coefficient (Wildman–Crippen LogP) is 2.03. The lowest BCUT2D eigenvalue weighted by atomic mass is 10.3. The number of hydrogen-bond donors (Lipinski definition) is 3. The van der Waals surface area contributed by atoms with Crippen molar-refractivity contribution in [1.82, 2.24) is 5.32 Å². The molecule has 0 aliphatic carbocycles. The van der Waals surface area contributed by atoms with Gasteiger partial charge in [0, 0.05) is 18.8 Å². The molecule has 0 unspecified atom stereocenters. The molecule has 0 aliphatic rings. The molecule has 0 atom stereocenters. The van der Waals surface area contributed by atoms with E-state index in [9.17, 15) is 14.7 Å². The van der Waals surface area contributed by atoms with E-state index in [-0.39, 0.29) is 18.1 Å². The highest BCUT2D eigenvalue weighted by molar-refractivity contribution is 5.91. The first-order chi connectivity index (χ1) is 9.97. The number of rotatable bonds is 4. The number of aromatic carboxylic acids is 1. The van der Waals surface area contributed by atoms with Crippen LogP contribution in [0.2, 0.25) is 0 Å². The molecule has 0 saturated heterocycles. The number of carboxylic acids is 1. The molecule has 0 radical (unpaired) electrons. The van der Waals surface area contributed by atoms with E-state index in [1.54, 1.807) is 19.2 Å². The number of furan rings is 1. The van der Waals surface area contributed by atoms with Gasteiger partial charge in [0.05, 0.1) is 6.54 Å². The summed E-state index contributed by atoms with van der Waals surface area (Å²) in [6.45, 7) is 0.0648. The predicted molar refractivity (Wildman–Crippen MR) is 74.4 cm³/mol. The highest BCUT2D eigenvalue weighted by Gasteiger charge is 2.13. The number of aromatic hydroxyl groups is 1. The van der Waals surface area contributed by atoms with E-state index in [2.05, 4.69) is 5.32 Å². The zero-order valence-corrected chi connectivity index (χ0v) is 11.2. The molecule has 7 nitrogen and oxygen atoms in total. The van der Waals surface area contributed by atoms with E-state index < -0.39 is 12.0 Å². The van der Waals surface area contributed by atoms with Crippen molar-refractivity contribution < 1.29 is 24.2 Å². The van der Waals surface area contributed by atoms with Gasteiger partial charge in [-0.05, 0) is 24.3 Å². The van der Waals surface area contributed by atoms with E-state index >= 15 is 0 Å². The number of anilines is 1. The lowest BCUT2D eigenvalue weighted by Crippen LogP contribution is -2.36. The first kappa shape index (κ1) is 14.4. The molecule has 0 spiro atoms. The third-order valence-electron chi connectivity index (χ3n) is 2.81. The monoisotopic (exact) mass is 290 g/mol. The Balaban J connectivity index is 1.96. The maximum absolute atomic E-state index is 11.9. The fourth-order valence-electron chi connectivity index (χ4n) is 1.69. The summed E-state index contributed by atoms with van der Waals surface area (Å²) in [7, 11) is 1.55. The number of nitrogens with one attached hydrogen (secondary N) is 1. The fourth-order valence-corrected chi connectivity index (χ4v) is 1.69. The molecule has 7 heteroatoms. The maximum atomic E-state index is 11.9. The summed E-state index contributed by atoms with van der Waals surface area (Å²) < 4.78 is 5.03. The summed E-state index contributed by atoms with van der Waals surface area (Å²) >= 11 is 0. The van der Waals surface area contributed by atoms with Crippen molar-refractivity contribution in [2.24, 2.45) is 0 Å². The third-order valence-corrected chi connectivity index (χ3v) is 2.81. The van der Waals surface area contributed by atoms with Crippen molar-refractivity contribution in [1.29, 1.82) is 0 Å². The summed E-state index contributed by atoms with van der Waals surface area (Å²) in [6.07, 6.45) is 0.